The minimum Gasteiger partial charge on any atom is -0.493 e. The van der Waals surface area contributed by atoms with Gasteiger partial charge < -0.3 is 14.6 Å². The molecule has 3 aliphatic carbocycles. The third-order valence-electron chi connectivity index (χ3n) is 7.70. The summed E-state index contributed by atoms with van der Waals surface area (Å²) in [6.45, 7) is 7.67. The molecule has 8 atom stereocenters. The Morgan fingerprint density at radius 2 is 1.88 bits per heavy atom. The molecule has 0 aromatic heterocycles. The summed E-state index contributed by atoms with van der Waals surface area (Å²) in [5.41, 5.74) is -2.44. The van der Waals surface area contributed by atoms with Crippen molar-refractivity contribution in [2.45, 2.75) is 58.3 Å². The van der Waals surface area contributed by atoms with E-state index in [-0.39, 0.29) is 35.4 Å². The van der Waals surface area contributed by atoms with Crippen LogP contribution in [0.25, 0.3) is 0 Å². The molecule has 0 bridgehead atoms. The number of carbonyl (C=O) groups is 2. The third-order valence-corrected chi connectivity index (χ3v) is 7.70. The zero-order valence-corrected chi connectivity index (χ0v) is 15.0. The average molecular weight is 334 g/mol. The summed E-state index contributed by atoms with van der Waals surface area (Å²) in [5.74, 6) is 0.196. The van der Waals surface area contributed by atoms with Crippen LogP contribution >= 0.6 is 0 Å². The van der Waals surface area contributed by atoms with Gasteiger partial charge in [-0.3, -0.25) is 9.59 Å². The summed E-state index contributed by atoms with van der Waals surface area (Å²) in [6.07, 6.45) is 2.08. The molecule has 132 valence electrons. The van der Waals surface area contributed by atoms with Crippen molar-refractivity contribution in [2.24, 2.45) is 28.6 Å². The van der Waals surface area contributed by atoms with Crippen molar-refractivity contribution in [2.75, 3.05) is 7.11 Å². The van der Waals surface area contributed by atoms with Crippen molar-refractivity contribution < 1.29 is 24.2 Å². The van der Waals surface area contributed by atoms with Gasteiger partial charge in [0.1, 0.15) is 0 Å². The summed E-state index contributed by atoms with van der Waals surface area (Å²) in [6, 6.07) is 0. The molecule has 1 N–H and O–H groups in total. The number of rotatable bonds is 1. The van der Waals surface area contributed by atoms with Crippen molar-refractivity contribution in [3.8, 4) is 0 Å². The molecule has 1 saturated heterocycles. The fourth-order valence-corrected chi connectivity index (χ4v) is 6.07. The van der Waals surface area contributed by atoms with Gasteiger partial charge in [0.2, 0.25) is 5.78 Å². The van der Waals surface area contributed by atoms with Crippen molar-refractivity contribution in [3.05, 3.63) is 11.8 Å². The first-order valence-electron chi connectivity index (χ1n) is 8.83. The van der Waals surface area contributed by atoms with Crippen molar-refractivity contribution in [3.63, 3.8) is 0 Å². The van der Waals surface area contributed by atoms with E-state index in [9.17, 15) is 14.7 Å². The molecule has 0 aromatic carbocycles. The normalized spacial score (nSPS) is 55.9. The zero-order valence-electron chi connectivity index (χ0n) is 15.0. The van der Waals surface area contributed by atoms with Gasteiger partial charge in [0.15, 0.2) is 17.1 Å². The van der Waals surface area contributed by atoms with Gasteiger partial charge in [0.05, 0.1) is 24.7 Å². The smallest absolute Gasteiger partial charge is 0.203 e. The molecule has 1 heterocycles. The van der Waals surface area contributed by atoms with Crippen LogP contribution in [0.3, 0.4) is 0 Å². The maximum Gasteiger partial charge on any atom is 0.203 e. The minimum absolute atomic E-state index is 0.00730. The summed E-state index contributed by atoms with van der Waals surface area (Å²) in [4.78, 5) is 26.4. The van der Waals surface area contributed by atoms with Crippen LogP contribution in [-0.2, 0) is 19.1 Å². The second-order valence-electron chi connectivity index (χ2n) is 8.68. The molecule has 0 aromatic rings. The molecular weight excluding hydrogens is 308 g/mol. The predicted octanol–water partition coefficient (Wildman–Crippen LogP) is 1.88. The molecule has 0 amide bonds. The highest BCUT2D eigenvalue weighted by atomic mass is 16.6. The van der Waals surface area contributed by atoms with Crippen LogP contribution < -0.4 is 0 Å². The monoisotopic (exact) mass is 334 g/mol. The number of carbonyl (C=O) groups excluding carboxylic acids is 2. The van der Waals surface area contributed by atoms with E-state index in [1.807, 2.05) is 26.8 Å². The highest BCUT2D eigenvalue weighted by Crippen LogP contribution is 2.67. The Balaban J connectivity index is 1.87. The van der Waals surface area contributed by atoms with E-state index in [0.29, 0.717) is 18.6 Å². The summed E-state index contributed by atoms with van der Waals surface area (Å²) in [5, 5.41) is 10.9. The molecular formula is C19H26O5. The largest absolute Gasteiger partial charge is 0.493 e. The maximum atomic E-state index is 13.2. The molecule has 0 radical (unpaired) electrons. The van der Waals surface area contributed by atoms with E-state index >= 15 is 0 Å². The summed E-state index contributed by atoms with van der Waals surface area (Å²) in [7, 11) is 1.52. The number of Topliss-reactive ketones (excluding diaryl/α,β-unsaturated/α-hetero) is 2. The highest BCUT2D eigenvalue weighted by Gasteiger charge is 2.76. The van der Waals surface area contributed by atoms with Crippen molar-refractivity contribution in [1.29, 1.82) is 0 Å². The standard InChI is InChI=1S/C19H26O5/c1-9-6-11(23-5)15(21)17(2)10(9)7-13(20)18(3)12(17)8-14-19(4,24-14)16(18)22/h6,9-10,12-14,20H,7-8H2,1-5H3/t9-,10+,12-,13-,14+,17+,18+,19+/m1/s1. The molecule has 4 aliphatic rings. The van der Waals surface area contributed by atoms with Gasteiger partial charge in [0.25, 0.3) is 0 Å². The van der Waals surface area contributed by atoms with Crippen LogP contribution in [0, 0.1) is 28.6 Å². The zero-order chi connectivity index (χ0) is 17.7. The Bertz CT molecular complexity index is 669. The highest BCUT2D eigenvalue weighted by molar-refractivity contribution is 6.02. The van der Waals surface area contributed by atoms with E-state index < -0.39 is 22.5 Å². The van der Waals surface area contributed by atoms with Crippen LogP contribution in [0.5, 0.6) is 0 Å². The molecule has 0 spiro atoms. The topological polar surface area (TPSA) is 76.1 Å². The summed E-state index contributed by atoms with van der Waals surface area (Å²) < 4.78 is 11.0. The first-order chi connectivity index (χ1) is 11.1. The number of hydrogen-bond donors (Lipinski definition) is 1. The van der Waals surface area contributed by atoms with E-state index in [0.717, 1.165) is 0 Å². The number of methoxy groups -OCH3 is 1. The number of hydrogen-bond acceptors (Lipinski definition) is 5. The molecule has 24 heavy (non-hydrogen) atoms. The third kappa shape index (κ3) is 1.58. The quantitative estimate of drug-likeness (QED) is 0.741. The molecule has 2 saturated carbocycles. The van der Waals surface area contributed by atoms with E-state index in [2.05, 4.69) is 6.92 Å². The Morgan fingerprint density at radius 1 is 1.21 bits per heavy atom. The minimum atomic E-state index is -0.946. The van der Waals surface area contributed by atoms with Crippen molar-refractivity contribution in [1.82, 2.24) is 0 Å². The number of aliphatic hydroxyl groups excluding tert-OH is 1. The Kier molecular flexibility index (Phi) is 3.05. The fraction of sp³-hybridized carbons (Fsp3) is 0.789. The lowest BCUT2D eigenvalue weighted by molar-refractivity contribution is -0.183. The van der Waals surface area contributed by atoms with Gasteiger partial charge in [0, 0.05) is 5.41 Å². The first-order valence-corrected chi connectivity index (χ1v) is 8.83. The van der Waals surface area contributed by atoms with Gasteiger partial charge in [-0.1, -0.05) is 13.8 Å². The van der Waals surface area contributed by atoms with Gasteiger partial charge >= 0.3 is 0 Å². The van der Waals surface area contributed by atoms with Gasteiger partial charge in [-0.05, 0) is 50.5 Å². The lowest BCUT2D eigenvalue weighted by Crippen LogP contribution is -2.67. The Morgan fingerprint density at radius 3 is 2.50 bits per heavy atom. The van der Waals surface area contributed by atoms with Crippen molar-refractivity contribution >= 4 is 11.6 Å². The lowest BCUT2D eigenvalue weighted by atomic mass is 9.42. The second kappa shape index (κ2) is 4.50. The number of fused-ring (bicyclic) bond motifs is 4. The molecule has 0 unspecified atom stereocenters. The van der Waals surface area contributed by atoms with Gasteiger partial charge in [-0.2, -0.15) is 0 Å². The van der Waals surface area contributed by atoms with Gasteiger partial charge in [-0.25, -0.2) is 0 Å². The number of allylic oxidation sites excluding steroid dienone is 2. The van der Waals surface area contributed by atoms with E-state index in [1.165, 1.54) is 7.11 Å². The summed E-state index contributed by atoms with van der Waals surface area (Å²) >= 11 is 0. The first kappa shape index (κ1) is 16.3. The molecule has 4 rings (SSSR count). The Labute approximate surface area is 142 Å². The lowest BCUT2D eigenvalue weighted by Gasteiger charge is -2.60. The van der Waals surface area contributed by atoms with Crippen LogP contribution in [0.2, 0.25) is 0 Å². The van der Waals surface area contributed by atoms with Gasteiger partial charge in [-0.15, -0.1) is 0 Å². The number of epoxide rings is 1. The predicted molar refractivity (Wildman–Crippen MR) is 86.0 cm³/mol. The van der Waals surface area contributed by atoms with Crippen LogP contribution in [0.4, 0.5) is 0 Å². The van der Waals surface area contributed by atoms with Crippen LogP contribution in [-0.4, -0.2) is 41.6 Å². The number of ketones is 2. The Hall–Kier alpha value is -1.20. The second-order valence-corrected chi connectivity index (χ2v) is 8.68. The maximum absolute atomic E-state index is 13.2. The van der Waals surface area contributed by atoms with Crippen LogP contribution in [0.1, 0.15) is 40.5 Å². The van der Waals surface area contributed by atoms with E-state index in [1.54, 1.807) is 0 Å². The SMILES string of the molecule is COC1=C[C@@H](C)[C@@H]2C[C@@H](O)[C@@]3(C)C(=O)[C@@]4(C)O[C@H]4C[C@@H]3[C@@]2(C)C1=O. The number of aliphatic hydroxyl groups is 1. The molecule has 5 heteroatoms. The van der Waals surface area contributed by atoms with Crippen LogP contribution in [0.15, 0.2) is 11.8 Å². The molecule has 3 fully saturated rings. The van der Waals surface area contributed by atoms with E-state index in [4.69, 9.17) is 9.47 Å². The number of ether oxygens (including phenoxy) is 2. The molecule has 1 aliphatic heterocycles. The average Bonchev–Trinajstić information content (AvgIpc) is 3.21. The molecule has 5 nitrogen and oxygen atoms in total. The fourth-order valence-electron chi connectivity index (χ4n) is 6.07.